The van der Waals surface area contributed by atoms with Crippen LogP contribution in [0.4, 0.5) is 0 Å². The van der Waals surface area contributed by atoms with Crippen molar-refractivity contribution in [3.63, 3.8) is 0 Å². The molecule has 0 amide bonds. The molecule has 4 heteroatoms. The topological polar surface area (TPSA) is 49.5 Å². The van der Waals surface area contributed by atoms with Crippen molar-refractivity contribution < 1.29 is 5.11 Å². The van der Waals surface area contributed by atoms with Crippen LogP contribution in [0.3, 0.4) is 0 Å². The van der Waals surface area contributed by atoms with Crippen molar-refractivity contribution in [2.24, 2.45) is 5.73 Å². The molecule has 3 N–H and O–H groups in total. The van der Waals surface area contributed by atoms with E-state index in [0.717, 1.165) is 30.0 Å². The highest BCUT2D eigenvalue weighted by Gasteiger charge is 2.26. The average Bonchev–Trinajstić information content (AvgIpc) is 2.41. The Labute approximate surface area is 121 Å². The van der Waals surface area contributed by atoms with Gasteiger partial charge in [0.15, 0.2) is 0 Å². The Hall–Kier alpha value is -0.610. The van der Waals surface area contributed by atoms with Gasteiger partial charge in [0.1, 0.15) is 0 Å². The molecule has 0 aliphatic carbocycles. The van der Waals surface area contributed by atoms with Crippen LogP contribution in [-0.2, 0) is 0 Å². The maximum atomic E-state index is 9.27. The fraction of sp³-hybridized carbons (Fsp3) is 0.600. The van der Waals surface area contributed by atoms with Crippen LogP contribution in [0.2, 0.25) is 5.02 Å². The van der Waals surface area contributed by atoms with Gasteiger partial charge >= 0.3 is 0 Å². The summed E-state index contributed by atoms with van der Waals surface area (Å²) in [5.74, 6) is 0. The van der Waals surface area contributed by atoms with Gasteiger partial charge < -0.3 is 10.8 Å². The molecule has 2 unspecified atom stereocenters. The molecule has 0 bridgehead atoms. The Morgan fingerprint density at radius 1 is 1.26 bits per heavy atom. The summed E-state index contributed by atoms with van der Waals surface area (Å²) in [6, 6.07) is 7.91. The van der Waals surface area contributed by atoms with Crippen molar-refractivity contribution in [3.05, 3.63) is 34.9 Å². The number of benzene rings is 1. The van der Waals surface area contributed by atoms with Crippen molar-refractivity contribution in [1.29, 1.82) is 0 Å². The van der Waals surface area contributed by atoms with Crippen LogP contribution in [0, 0.1) is 0 Å². The van der Waals surface area contributed by atoms with Crippen molar-refractivity contribution in [2.75, 3.05) is 19.7 Å². The molecule has 2 atom stereocenters. The average molecular weight is 285 g/mol. The van der Waals surface area contributed by atoms with E-state index in [0.29, 0.717) is 6.54 Å². The summed E-state index contributed by atoms with van der Waals surface area (Å²) in [6.07, 6.45) is 1.90. The van der Waals surface area contributed by atoms with E-state index in [1.165, 1.54) is 0 Å². The van der Waals surface area contributed by atoms with Gasteiger partial charge in [-0.15, -0.1) is 0 Å². The second kappa shape index (κ2) is 8.54. The molecule has 0 aliphatic heterocycles. The van der Waals surface area contributed by atoms with E-state index < -0.39 is 0 Å². The molecule has 0 spiro atoms. The zero-order valence-electron chi connectivity index (χ0n) is 11.8. The Balaban J connectivity index is 3.08. The Morgan fingerprint density at radius 3 is 2.47 bits per heavy atom. The predicted octanol–water partition coefficient (Wildman–Crippen LogP) is 2.82. The second-order valence-electron chi connectivity index (χ2n) is 4.80. The highest BCUT2D eigenvalue weighted by atomic mass is 35.5. The van der Waals surface area contributed by atoms with Gasteiger partial charge in [-0.1, -0.05) is 43.6 Å². The summed E-state index contributed by atoms with van der Waals surface area (Å²) in [6.45, 7) is 5.88. The van der Waals surface area contributed by atoms with Gasteiger partial charge in [0.2, 0.25) is 0 Å². The van der Waals surface area contributed by atoms with Crippen LogP contribution in [-0.4, -0.2) is 35.7 Å². The molecule has 1 aromatic carbocycles. The molecule has 19 heavy (non-hydrogen) atoms. The number of nitrogens with two attached hydrogens (primary N) is 1. The van der Waals surface area contributed by atoms with Gasteiger partial charge in [-0.05, 0) is 31.0 Å². The van der Waals surface area contributed by atoms with E-state index in [1.54, 1.807) is 0 Å². The quantitative estimate of drug-likeness (QED) is 0.772. The summed E-state index contributed by atoms with van der Waals surface area (Å²) in [4.78, 5) is 2.23. The van der Waals surface area contributed by atoms with E-state index in [4.69, 9.17) is 17.3 Å². The highest BCUT2D eigenvalue weighted by molar-refractivity contribution is 6.31. The van der Waals surface area contributed by atoms with Crippen molar-refractivity contribution >= 4 is 11.6 Å². The lowest BCUT2D eigenvalue weighted by Crippen LogP contribution is -2.42. The van der Waals surface area contributed by atoms with Gasteiger partial charge in [0, 0.05) is 17.6 Å². The maximum Gasteiger partial charge on any atom is 0.0558 e. The minimum atomic E-state index is 0.0120. The predicted molar refractivity (Wildman–Crippen MR) is 81.4 cm³/mol. The molecule has 1 rings (SSSR count). The Kier molecular flexibility index (Phi) is 7.39. The minimum absolute atomic E-state index is 0.0120. The molecule has 0 saturated carbocycles. The van der Waals surface area contributed by atoms with Gasteiger partial charge in [-0.3, -0.25) is 4.90 Å². The third-order valence-corrected chi connectivity index (χ3v) is 3.74. The molecule has 0 fully saturated rings. The first kappa shape index (κ1) is 16.4. The van der Waals surface area contributed by atoms with E-state index in [9.17, 15) is 5.11 Å². The summed E-state index contributed by atoms with van der Waals surface area (Å²) in [5, 5.41) is 10.0. The maximum absolute atomic E-state index is 9.27. The summed E-state index contributed by atoms with van der Waals surface area (Å²) in [5.41, 5.74) is 7.35. The first-order chi connectivity index (χ1) is 9.15. The minimum Gasteiger partial charge on any atom is -0.395 e. The van der Waals surface area contributed by atoms with Gasteiger partial charge in [0.25, 0.3) is 0 Å². The highest BCUT2D eigenvalue weighted by Crippen LogP contribution is 2.30. The number of hydrogen-bond acceptors (Lipinski definition) is 3. The standard InChI is InChI=1S/C15H25ClN2O/c1-3-9-18(10-11-19)15(14(17)4-2)12-7-5-6-8-13(12)16/h5-8,14-15,19H,3-4,9-11,17H2,1-2H3. The third-order valence-electron chi connectivity index (χ3n) is 3.39. The number of aliphatic hydroxyl groups is 1. The first-order valence-electron chi connectivity index (χ1n) is 7.00. The fourth-order valence-electron chi connectivity index (χ4n) is 2.44. The van der Waals surface area contributed by atoms with Gasteiger partial charge in [-0.2, -0.15) is 0 Å². The number of aliphatic hydroxyl groups excluding tert-OH is 1. The summed E-state index contributed by atoms with van der Waals surface area (Å²) >= 11 is 6.32. The SMILES string of the molecule is CCCN(CCO)C(c1ccccc1Cl)C(N)CC. The lowest BCUT2D eigenvalue weighted by molar-refractivity contribution is 0.132. The van der Waals surface area contributed by atoms with E-state index in [-0.39, 0.29) is 18.7 Å². The molecular formula is C15H25ClN2O. The lowest BCUT2D eigenvalue weighted by atomic mass is 9.96. The normalized spacial score (nSPS) is 14.6. The Bertz CT molecular complexity index is 367. The fourth-order valence-corrected chi connectivity index (χ4v) is 2.69. The van der Waals surface area contributed by atoms with Crippen LogP contribution in [0.1, 0.15) is 38.3 Å². The monoisotopic (exact) mass is 284 g/mol. The molecular weight excluding hydrogens is 260 g/mol. The van der Waals surface area contributed by atoms with Crippen LogP contribution >= 0.6 is 11.6 Å². The number of nitrogens with zero attached hydrogens (tertiary/aromatic N) is 1. The molecule has 3 nitrogen and oxygen atoms in total. The molecule has 0 aromatic heterocycles. The smallest absolute Gasteiger partial charge is 0.0558 e. The molecule has 0 heterocycles. The van der Waals surface area contributed by atoms with Gasteiger partial charge in [0.05, 0.1) is 12.6 Å². The van der Waals surface area contributed by atoms with Crippen LogP contribution in [0.25, 0.3) is 0 Å². The summed E-state index contributed by atoms with van der Waals surface area (Å²) < 4.78 is 0. The van der Waals surface area contributed by atoms with Crippen molar-refractivity contribution in [1.82, 2.24) is 4.90 Å². The molecule has 108 valence electrons. The van der Waals surface area contributed by atoms with Crippen molar-refractivity contribution in [2.45, 2.75) is 38.8 Å². The lowest BCUT2D eigenvalue weighted by Gasteiger charge is -2.35. The van der Waals surface area contributed by atoms with E-state index in [1.807, 2.05) is 24.3 Å². The number of rotatable bonds is 8. The first-order valence-corrected chi connectivity index (χ1v) is 7.38. The largest absolute Gasteiger partial charge is 0.395 e. The van der Waals surface area contributed by atoms with E-state index >= 15 is 0 Å². The molecule has 0 saturated heterocycles. The molecule has 0 radical (unpaired) electrons. The zero-order valence-corrected chi connectivity index (χ0v) is 12.6. The van der Waals surface area contributed by atoms with Crippen LogP contribution in [0.15, 0.2) is 24.3 Å². The summed E-state index contributed by atoms with van der Waals surface area (Å²) in [7, 11) is 0. The third kappa shape index (κ3) is 4.46. The van der Waals surface area contributed by atoms with Gasteiger partial charge in [-0.25, -0.2) is 0 Å². The zero-order chi connectivity index (χ0) is 14.3. The van der Waals surface area contributed by atoms with E-state index in [2.05, 4.69) is 18.7 Å². The number of halogens is 1. The van der Waals surface area contributed by atoms with Crippen LogP contribution < -0.4 is 5.73 Å². The molecule has 0 aliphatic rings. The Morgan fingerprint density at radius 2 is 1.95 bits per heavy atom. The second-order valence-corrected chi connectivity index (χ2v) is 5.21. The molecule has 1 aromatic rings. The number of hydrogen-bond donors (Lipinski definition) is 2. The van der Waals surface area contributed by atoms with Crippen molar-refractivity contribution in [3.8, 4) is 0 Å². The van der Waals surface area contributed by atoms with Crippen LogP contribution in [0.5, 0.6) is 0 Å².